The second kappa shape index (κ2) is 7.86. The number of hydrogen-bond acceptors (Lipinski definition) is 4. The molecule has 5 nitrogen and oxygen atoms in total. The molecule has 3 aromatic rings. The third-order valence-corrected chi connectivity index (χ3v) is 4.90. The maximum Gasteiger partial charge on any atom is 0.138 e. The second-order valence-corrected chi connectivity index (χ2v) is 6.59. The highest BCUT2D eigenvalue weighted by Gasteiger charge is 2.27. The second-order valence-electron chi connectivity index (χ2n) is 6.59. The van der Waals surface area contributed by atoms with E-state index < -0.39 is 0 Å². The molecule has 140 valence electrons. The van der Waals surface area contributed by atoms with Gasteiger partial charge in [0.25, 0.3) is 0 Å². The molecule has 27 heavy (non-hydrogen) atoms. The van der Waals surface area contributed by atoms with Gasteiger partial charge in [0, 0.05) is 36.7 Å². The van der Waals surface area contributed by atoms with Gasteiger partial charge in [-0.1, -0.05) is 12.1 Å². The van der Waals surface area contributed by atoms with Gasteiger partial charge in [0.15, 0.2) is 0 Å². The van der Waals surface area contributed by atoms with E-state index >= 15 is 0 Å². The van der Waals surface area contributed by atoms with E-state index in [2.05, 4.69) is 40.1 Å². The Morgan fingerprint density at radius 2 is 1.59 bits per heavy atom. The molecule has 1 aliphatic heterocycles. The van der Waals surface area contributed by atoms with E-state index in [9.17, 15) is 0 Å². The number of hydrogen-bond donors (Lipinski definition) is 0. The van der Waals surface area contributed by atoms with Crippen LogP contribution in [-0.4, -0.2) is 36.8 Å². The van der Waals surface area contributed by atoms with Crippen molar-refractivity contribution in [3.63, 3.8) is 0 Å². The standard InChI is InChI=1S/C22H24N2O3/c1-25-20-7-3-17(4-8-20)15-24-13-14-27-22(24)18-11-12-23(16-18)19-5-9-21(26-2)10-6-19/h3-12,16,22H,13-15H2,1-2H3. The van der Waals surface area contributed by atoms with Crippen molar-refractivity contribution in [2.45, 2.75) is 12.8 Å². The van der Waals surface area contributed by atoms with Gasteiger partial charge in [0.05, 0.1) is 20.8 Å². The molecule has 0 bridgehead atoms. The maximum atomic E-state index is 6.02. The molecule has 2 heterocycles. The van der Waals surface area contributed by atoms with Crippen LogP contribution in [0.15, 0.2) is 67.0 Å². The summed E-state index contributed by atoms with van der Waals surface area (Å²) in [6, 6.07) is 18.4. The van der Waals surface area contributed by atoms with E-state index in [-0.39, 0.29) is 6.23 Å². The van der Waals surface area contributed by atoms with Crippen LogP contribution in [0.25, 0.3) is 5.69 Å². The lowest BCUT2D eigenvalue weighted by atomic mass is 10.2. The summed E-state index contributed by atoms with van der Waals surface area (Å²) >= 11 is 0. The van der Waals surface area contributed by atoms with E-state index in [4.69, 9.17) is 14.2 Å². The highest BCUT2D eigenvalue weighted by Crippen LogP contribution is 2.30. The van der Waals surface area contributed by atoms with Crippen molar-refractivity contribution >= 4 is 0 Å². The van der Waals surface area contributed by atoms with Crippen molar-refractivity contribution in [1.29, 1.82) is 0 Å². The first-order valence-corrected chi connectivity index (χ1v) is 9.08. The molecule has 4 rings (SSSR count). The van der Waals surface area contributed by atoms with Crippen LogP contribution in [-0.2, 0) is 11.3 Å². The number of benzene rings is 2. The van der Waals surface area contributed by atoms with E-state index in [1.165, 1.54) is 5.56 Å². The van der Waals surface area contributed by atoms with Crippen molar-refractivity contribution in [2.24, 2.45) is 0 Å². The SMILES string of the molecule is COc1ccc(CN2CCOC2c2ccn(-c3ccc(OC)cc3)c2)cc1. The number of ether oxygens (including phenoxy) is 3. The fraction of sp³-hybridized carbons (Fsp3) is 0.273. The molecule has 0 amide bonds. The van der Waals surface area contributed by atoms with Crippen molar-refractivity contribution in [2.75, 3.05) is 27.4 Å². The topological polar surface area (TPSA) is 35.9 Å². The minimum absolute atomic E-state index is 0.0217. The molecule has 0 spiro atoms. The van der Waals surface area contributed by atoms with Crippen LogP contribution in [0.3, 0.4) is 0 Å². The molecule has 1 unspecified atom stereocenters. The van der Waals surface area contributed by atoms with Gasteiger partial charge in [0.1, 0.15) is 17.7 Å². The van der Waals surface area contributed by atoms with Gasteiger partial charge in [-0.2, -0.15) is 0 Å². The summed E-state index contributed by atoms with van der Waals surface area (Å²) in [4.78, 5) is 2.36. The average Bonchev–Trinajstić information content (AvgIpc) is 3.38. The molecule has 1 atom stereocenters. The van der Waals surface area contributed by atoms with Crippen molar-refractivity contribution in [3.8, 4) is 17.2 Å². The minimum Gasteiger partial charge on any atom is -0.497 e. The summed E-state index contributed by atoms with van der Waals surface area (Å²) in [7, 11) is 3.37. The lowest BCUT2D eigenvalue weighted by Gasteiger charge is -2.22. The number of rotatable bonds is 6. The first kappa shape index (κ1) is 17.6. The predicted molar refractivity (Wildman–Crippen MR) is 104 cm³/mol. The van der Waals surface area contributed by atoms with Gasteiger partial charge < -0.3 is 18.8 Å². The molecule has 1 aliphatic rings. The Bertz CT molecular complexity index is 871. The van der Waals surface area contributed by atoms with Gasteiger partial charge in [-0.05, 0) is 48.0 Å². The Morgan fingerprint density at radius 1 is 0.926 bits per heavy atom. The molecule has 1 fully saturated rings. The summed E-state index contributed by atoms with van der Waals surface area (Å²) in [6.45, 7) is 2.52. The Kier molecular flexibility index (Phi) is 5.14. The van der Waals surface area contributed by atoms with Gasteiger partial charge in [-0.3, -0.25) is 4.90 Å². The molecular weight excluding hydrogens is 340 g/mol. The van der Waals surface area contributed by atoms with Crippen LogP contribution in [0.2, 0.25) is 0 Å². The zero-order valence-corrected chi connectivity index (χ0v) is 15.7. The van der Waals surface area contributed by atoms with Crippen LogP contribution >= 0.6 is 0 Å². The summed E-state index contributed by atoms with van der Waals surface area (Å²) in [5.74, 6) is 1.74. The van der Waals surface area contributed by atoms with Crippen LogP contribution in [0.1, 0.15) is 17.4 Å². The van der Waals surface area contributed by atoms with E-state index in [0.29, 0.717) is 0 Å². The van der Waals surface area contributed by atoms with Crippen LogP contribution in [0.4, 0.5) is 0 Å². The molecule has 0 radical (unpaired) electrons. The predicted octanol–water partition coefficient (Wildman–Crippen LogP) is 4.03. The Balaban J connectivity index is 1.49. The normalized spacial score (nSPS) is 17.2. The highest BCUT2D eigenvalue weighted by atomic mass is 16.5. The third-order valence-electron chi connectivity index (χ3n) is 4.90. The Labute approximate surface area is 159 Å². The van der Waals surface area contributed by atoms with E-state index in [0.717, 1.165) is 42.4 Å². The summed E-state index contributed by atoms with van der Waals surface area (Å²) in [5, 5.41) is 0. The fourth-order valence-electron chi connectivity index (χ4n) is 3.41. The van der Waals surface area contributed by atoms with Crippen LogP contribution in [0.5, 0.6) is 11.5 Å². The molecular formula is C22H24N2O3. The quantitative estimate of drug-likeness (QED) is 0.662. The first-order chi connectivity index (χ1) is 13.3. The molecule has 0 N–H and O–H groups in total. The number of aromatic nitrogens is 1. The maximum absolute atomic E-state index is 6.02. The average molecular weight is 364 g/mol. The van der Waals surface area contributed by atoms with Gasteiger partial charge in [0.2, 0.25) is 0 Å². The summed E-state index contributed by atoms with van der Waals surface area (Å²) in [5.41, 5.74) is 3.51. The number of methoxy groups -OCH3 is 2. The largest absolute Gasteiger partial charge is 0.497 e. The smallest absolute Gasteiger partial charge is 0.138 e. The Hall–Kier alpha value is -2.76. The zero-order valence-electron chi connectivity index (χ0n) is 15.7. The first-order valence-electron chi connectivity index (χ1n) is 9.08. The lowest BCUT2D eigenvalue weighted by molar-refractivity contribution is 0.0288. The van der Waals surface area contributed by atoms with Crippen molar-refractivity contribution < 1.29 is 14.2 Å². The molecule has 2 aromatic carbocycles. The monoisotopic (exact) mass is 364 g/mol. The van der Waals surface area contributed by atoms with Gasteiger partial charge >= 0.3 is 0 Å². The Morgan fingerprint density at radius 3 is 2.26 bits per heavy atom. The molecule has 1 saturated heterocycles. The van der Waals surface area contributed by atoms with Crippen molar-refractivity contribution in [3.05, 3.63) is 78.1 Å². The van der Waals surface area contributed by atoms with Gasteiger partial charge in [-0.15, -0.1) is 0 Å². The third kappa shape index (κ3) is 3.84. The van der Waals surface area contributed by atoms with Crippen LogP contribution in [0, 0.1) is 0 Å². The minimum atomic E-state index is -0.0217. The molecule has 1 aromatic heterocycles. The van der Waals surface area contributed by atoms with Crippen molar-refractivity contribution in [1.82, 2.24) is 9.47 Å². The summed E-state index contributed by atoms with van der Waals surface area (Å²) < 4.78 is 18.6. The lowest BCUT2D eigenvalue weighted by Crippen LogP contribution is -2.23. The van der Waals surface area contributed by atoms with E-state index in [1.54, 1.807) is 14.2 Å². The van der Waals surface area contributed by atoms with E-state index in [1.807, 2.05) is 36.4 Å². The fourth-order valence-corrected chi connectivity index (χ4v) is 3.41. The molecule has 0 saturated carbocycles. The van der Waals surface area contributed by atoms with Gasteiger partial charge in [-0.25, -0.2) is 0 Å². The zero-order chi connectivity index (χ0) is 18.6. The molecule has 0 aliphatic carbocycles. The summed E-state index contributed by atoms with van der Waals surface area (Å²) in [6.07, 6.45) is 4.19. The highest BCUT2D eigenvalue weighted by molar-refractivity contribution is 5.39. The molecule has 5 heteroatoms. The van der Waals surface area contributed by atoms with Crippen LogP contribution < -0.4 is 9.47 Å². The number of nitrogens with zero attached hydrogens (tertiary/aromatic N) is 2.